The molecule has 2 atom stereocenters. The summed E-state index contributed by atoms with van der Waals surface area (Å²) in [5.41, 5.74) is 8.19. The van der Waals surface area contributed by atoms with Crippen molar-refractivity contribution in [1.29, 1.82) is 5.53 Å². The van der Waals surface area contributed by atoms with Crippen molar-refractivity contribution in [2.45, 2.75) is 37.5 Å². The summed E-state index contributed by atoms with van der Waals surface area (Å²) in [5, 5.41) is 13.3. The standard InChI is InChI=1S/C24H28F4N8O2/c1-24(27,28)12-30-19-7-13(3-4-18(19)33-29)20-16(26)9-36-21(20)22(37-2)32-23(34-36)31-17-5-6-35(8-15(17)25)14-10-38-11-14/h3-4,7,9,14-15,17,29-30H,5-6,8,10-12H2,1-2H3,(H,31,34)/t15-,17+/m1/s1. The summed E-state index contributed by atoms with van der Waals surface area (Å²) in [6.07, 6.45) is 0.517. The topological polar surface area (TPSA) is 112 Å². The van der Waals surface area contributed by atoms with Gasteiger partial charge in [0, 0.05) is 20.0 Å². The van der Waals surface area contributed by atoms with Crippen LogP contribution in [0.2, 0.25) is 0 Å². The molecular formula is C24H28F4N8O2. The Morgan fingerprint density at radius 2 is 2.11 bits per heavy atom. The Hall–Kier alpha value is -3.52. The fourth-order valence-corrected chi connectivity index (χ4v) is 4.70. The van der Waals surface area contributed by atoms with Crippen LogP contribution >= 0.6 is 0 Å². The molecule has 2 fully saturated rings. The summed E-state index contributed by atoms with van der Waals surface area (Å²) in [7, 11) is 1.37. The summed E-state index contributed by atoms with van der Waals surface area (Å²) >= 11 is 0. The molecular weight excluding hydrogens is 508 g/mol. The van der Waals surface area contributed by atoms with E-state index in [-0.39, 0.29) is 46.9 Å². The number of halogens is 4. The predicted octanol–water partition coefficient (Wildman–Crippen LogP) is 4.50. The lowest BCUT2D eigenvalue weighted by Crippen LogP contribution is -2.57. The Bertz CT molecular complexity index is 1330. The van der Waals surface area contributed by atoms with E-state index in [0.29, 0.717) is 31.7 Å². The quantitative estimate of drug-likeness (QED) is 0.273. The zero-order chi connectivity index (χ0) is 27.0. The molecule has 0 unspecified atom stereocenters. The molecule has 0 saturated carbocycles. The van der Waals surface area contributed by atoms with Gasteiger partial charge in [0.2, 0.25) is 11.8 Å². The fourth-order valence-electron chi connectivity index (χ4n) is 4.70. The Labute approximate surface area is 215 Å². The number of hydrogen-bond acceptors (Lipinski definition) is 9. The van der Waals surface area contributed by atoms with Gasteiger partial charge in [-0.2, -0.15) is 10.1 Å². The van der Waals surface area contributed by atoms with Crippen LogP contribution in [0.15, 0.2) is 29.5 Å². The average molecular weight is 537 g/mol. The van der Waals surface area contributed by atoms with Crippen LogP contribution < -0.4 is 15.4 Å². The van der Waals surface area contributed by atoms with E-state index in [1.165, 1.54) is 29.8 Å². The van der Waals surface area contributed by atoms with E-state index in [1.807, 2.05) is 0 Å². The highest BCUT2D eigenvalue weighted by Crippen LogP contribution is 2.38. The van der Waals surface area contributed by atoms with Gasteiger partial charge in [0.05, 0.1) is 56.4 Å². The molecule has 14 heteroatoms. The molecule has 1 aromatic carbocycles. The molecule has 0 spiro atoms. The van der Waals surface area contributed by atoms with E-state index in [4.69, 9.17) is 15.0 Å². The maximum Gasteiger partial charge on any atom is 0.262 e. The number of nitrogens with one attached hydrogen (secondary N) is 3. The molecule has 3 aromatic rings. The van der Waals surface area contributed by atoms with Crippen molar-refractivity contribution < 1.29 is 27.0 Å². The molecule has 2 saturated heterocycles. The number of fused-ring (bicyclic) bond motifs is 1. The molecule has 3 N–H and O–H groups in total. The molecule has 0 radical (unpaired) electrons. The number of piperidine rings is 1. The maximum atomic E-state index is 15.3. The first-order valence-corrected chi connectivity index (χ1v) is 12.2. The van der Waals surface area contributed by atoms with E-state index >= 15 is 4.39 Å². The minimum absolute atomic E-state index is 0.0460. The van der Waals surface area contributed by atoms with Crippen LogP contribution in [0.1, 0.15) is 13.3 Å². The van der Waals surface area contributed by atoms with E-state index in [0.717, 1.165) is 13.1 Å². The van der Waals surface area contributed by atoms with E-state index in [1.54, 1.807) is 0 Å². The van der Waals surface area contributed by atoms with Gasteiger partial charge in [-0.25, -0.2) is 27.6 Å². The van der Waals surface area contributed by atoms with Crippen LogP contribution in [0.5, 0.6) is 5.88 Å². The van der Waals surface area contributed by atoms with E-state index in [2.05, 4.69) is 30.7 Å². The Balaban J connectivity index is 1.43. The lowest BCUT2D eigenvalue weighted by Gasteiger charge is -2.42. The number of rotatable bonds is 9. The lowest BCUT2D eigenvalue weighted by atomic mass is 10.0. The van der Waals surface area contributed by atoms with Crippen LogP contribution in [-0.4, -0.2) is 83.6 Å². The SMILES string of the molecule is COc1nc(N[C@H]2CCN(C3COC3)C[C@H]2F)nn2cc(F)c(-c3ccc(N=N)c(NCC(C)(F)F)c3)c12. The molecule has 204 valence electrons. The molecule has 5 rings (SSSR count). The van der Waals surface area contributed by atoms with Crippen LogP contribution in [0, 0.1) is 11.3 Å². The van der Waals surface area contributed by atoms with Gasteiger partial charge in [0.1, 0.15) is 17.4 Å². The van der Waals surface area contributed by atoms with Gasteiger partial charge in [0.25, 0.3) is 5.92 Å². The number of anilines is 2. The number of likely N-dealkylation sites (tertiary alicyclic amines) is 1. The zero-order valence-electron chi connectivity index (χ0n) is 20.8. The molecule has 2 aliphatic heterocycles. The monoisotopic (exact) mass is 536 g/mol. The first-order valence-electron chi connectivity index (χ1n) is 12.2. The van der Waals surface area contributed by atoms with Gasteiger partial charge in [-0.05, 0) is 24.1 Å². The molecule has 0 aliphatic carbocycles. The Kier molecular flexibility index (Phi) is 7.09. The summed E-state index contributed by atoms with van der Waals surface area (Å²) < 4.78 is 69.0. The number of alkyl halides is 3. The van der Waals surface area contributed by atoms with E-state index in [9.17, 15) is 13.2 Å². The van der Waals surface area contributed by atoms with Gasteiger partial charge in [-0.15, -0.1) is 5.10 Å². The van der Waals surface area contributed by atoms with Gasteiger partial charge < -0.3 is 20.1 Å². The van der Waals surface area contributed by atoms with Gasteiger partial charge in [-0.3, -0.25) is 4.90 Å². The van der Waals surface area contributed by atoms with Crippen molar-refractivity contribution >= 4 is 22.8 Å². The van der Waals surface area contributed by atoms with Crippen molar-refractivity contribution in [2.75, 3.05) is 50.6 Å². The first kappa shape index (κ1) is 26.1. The molecule has 0 bridgehead atoms. The molecule has 10 nitrogen and oxygen atoms in total. The Morgan fingerprint density at radius 1 is 1.32 bits per heavy atom. The molecule has 4 heterocycles. The molecule has 2 aliphatic rings. The van der Waals surface area contributed by atoms with Gasteiger partial charge >= 0.3 is 0 Å². The van der Waals surface area contributed by atoms with Crippen LogP contribution in [0.3, 0.4) is 0 Å². The number of methoxy groups -OCH3 is 1. The van der Waals surface area contributed by atoms with Crippen molar-refractivity contribution in [1.82, 2.24) is 19.5 Å². The number of nitrogens with zero attached hydrogens (tertiary/aromatic N) is 5. The zero-order valence-corrected chi connectivity index (χ0v) is 20.8. The van der Waals surface area contributed by atoms with Crippen molar-refractivity contribution in [2.24, 2.45) is 5.11 Å². The second-order valence-electron chi connectivity index (χ2n) is 9.60. The first-order chi connectivity index (χ1) is 18.2. The molecule has 2 aromatic heterocycles. The average Bonchev–Trinajstić information content (AvgIpc) is 3.17. The Morgan fingerprint density at radius 3 is 2.74 bits per heavy atom. The second-order valence-corrected chi connectivity index (χ2v) is 9.60. The lowest BCUT2D eigenvalue weighted by molar-refractivity contribution is -0.0794. The largest absolute Gasteiger partial charge is 0.479 e. The third-order valence-corrected chi connectivity index (χ3v) is 6.77. The summed E-state index contributed by atoms with van der Waals surface area (Å²) in [5.74, 6) is -3.54. The molecule has 38 heavy (non-hydrogen) atoms. The highest BCUT2D eigenvalue weighted by atomic mass is 19.3. The maximum absolute atomic E-state index is 15.3. The molecule has 0 amide bonds. The third kappa shape index (κ3) is 5.23. The van der Waals surface area contributed by atoms with Gasteiger partial charge in [-0.1, -0.05) is 6.07 Å². The van der Waals surface area contributed by atoms with Crippen LogP contribution in [0.4, 0.5) is 34.9 Å². The summed E-state index contributed by atoms with van der Waals surface area (Å²) in [6.45, 7) is 2.28. The highest BCUT2D eigenvalue weighted by Gasteiger charge is 2.36. The number of aromatic nitrogens is 3. The van der Waals surface area contributed by atoms with Crippen molar-refractivity contribution in [3.8, 4) is 17.0 Å². The number of ether oxygens (including phenoxy) is 2. The third-order valence-electron chi connectivity index (χ3n) is 6.77. The van der Waals surface area contributed by atoms with Crippen LogP contribution in [0.25, 0.3) is 16.6 Å². The predicted molar refractivity (Wildman–Crippen MR) is 132 cm³/mol. The minimum atomic E-state index is -3.01. The van der Waals surface area contributed by atoms with Crippen molar-refractivity contribution in [3.63, 3.8) is 0 Å². The smallest absolute Gasteiger partial charge is 0.262 e. The van der Waals surface area contributed by atoms with Crippen LogP contribution in [-0.2, 0) is 4.74 Å². The normalized spacial score (nSPS) is 20.8. The number of benzene rings is 1. The highest BCUT2D eigenvalue weighted by molar-refractivity contribution is 5.88. The summed E-state index contributed by atoms with van der Waals surface area (Å²) in [4.78, 5) is 6.44. The fraction of sp³-hybridized carbons (Fsp3) is 0.500. The van der Waals surface area contributed by atoms with Crippen molar-refractivity contribution in [3.05, 3.63) is 30.2 Å². The number of hydrogen-bond donors (Lipinski definition) is 3. The van der Waals surface area contributed by atoms with Gasteiger partial charge in [0.15, 0.2) is 5.82 Å². The minimum Gasteiger partial charge on any atom is -0.479 e. The van der Waals surface area contributed by atoms with E-state index < -0.39 is 30.5 Å². The second kappa shape index (κ2) is 10.3. The summed E-state index contributed by atoms with van der Waals surface area (Å²) in [6, 6.07) is 4.09.